The Morgan fingerprint density at radius 2 is 1.73 bits per heavy atom. The van der Waals surface area contributed by atoms with E-state index in [4.69, 9.17) is 4.74 Å². The number of nitrogens with zero attached hydrogens (tertiary/aromatic N) is 2. The average molecular weight is 450 g/mol. The van der Waals surface area contributed by atoms with Crippen LogP contribution in [0.25, 0.3) is 0 Å². The fraction of sp³-hybridized carbons (Fsp3) is 0.481. The van der Waals surface area contributed by atoms with E-state index in [0.29, 0.717) is 36.9 Å². The van der Waals surface area contributed by atoms with Crippen molar-refractivity contribution in [2.24, 2.45) is 5.92 Å². The Hall–Kier alpha value is -2.86. The highest BCUT2D eigenvalue weighted by molar-refractivity contribution is 5.94. The van der Waals surface area contributed by atoms with Crippen LogP contribution in [0.5, 0.6) is 5.75 Å². The molecule has 1 aliphatic carbocycles. The summed E-state index contributed by atoms with van der Waals surface area (Å²) in [5.41, 5.74) is 1.88. The van der Waals surface area contributed by atoms with Crippen molar-refractivity contribution in [1.29, 1.82) is 0 Å². The first-order chi connectivity index (χ1) is 16.2. The quantitative estimate of drug-likeness (QED) is 0.671. The van der Waals surface area contributed by atoms with Crippen molar-refractivity contribution in [3.8, 4) is 5.75 Å². The van der Waals surface area contributed by atoms with Crippen molar-refractivity contribution in [2.45, 2.75) is 38.1 Å². The van der Waals surface area contributed by atoms with Crippen molar-refractivity contribution in [1.82, 2.24) is 15.1 Å². The van der Waals surface area contributed by atoms with Gasteiger partial charge in [0.05, 0.1) is 13.2 Å². The topological polar surface area (TPSA) is 61.9 Å². The Bertz CT molecular complexity index is 919. The summed E-state index contributed by atoms with van der Waals surface area (Å²) in [5, 5.41) is 3.20. The van der Waals surface area contributed by atoms with Crippen LogP contribution < -0.4 is 10.1 Å². The number of hydrogen-bond donors (Lipinski definition) is 1. The minimum Gasteiger partial charge on any atom is -0.497 e. The fourth-order valence-electron chi connectivity index (χ4n) is 5.17. The van der Waals surface area contributed by atoms with E-state index in [1.807, 2.05) is 41.3 Å². The summed E-state index contributed by atoms with van der Waals surface area (Å²) in [6, 6.07) is 17.5. The van der Waals surface area contributed by atoms with Gasteiger partial charge in [0.25, 0.3) is 5.91 Å². The van der Waals surface area contributed by atoms with Gasteiger partial charge in [0, 0.05) is 38.3 Å². The summed E-state index contributed by atoms with van der Waals surface area (Å²) in [6.45, 7) is 3.37. The third kappa shape index (κ3) is 5.93. The number of benzene rings is 2. The first-order valence-electron chi connectivity index (χ1n) is 12.1. The van der Waals surface area contributed by atoms with Crippen molar-refractivity contribution in [3.05, 3.63) is 65.7 Å². The molecule has 2 amide bonds. The van der Waals surface area contributed by atoms with E-state index < -0.39 is 0 Å². The van der Waals surface area contributed by atoms with Gasteiger partial charge in [-0.3, -0.25) is 14.5 Å². The monoisotopic (exact) mass is 449 g/mol. The first-order valence-corrected chi connectivity index (χ1v) is 12.1. The van der Waals surface area contributed by atoms with Crippen LogP contribution in [-0.2, 0) is 11.2 Å². The molecule has 0 spiro atoms. The van der Waals surface area contributed by atoms with Gasteiger partial charge in [0.1, 0.15) is 5.75 Å². The summed E-state index contributed by atoms with van der Waals surface area (Å²) in [5.74, 6) is 1.26. The minimum absolute atomic E-state index is 0.0262. The lowest BCUT2D eigenvalue weighted by Gasteiger charge is -2.40. The zero-order valence-electron chi connectivity index (χ0n) is 19.5. The molecule has 6 nitrogen and oxygen atoms in total. The molecule has 6 heteroatoms. The van der Waals surface area contributed by atoms with E-state index in [-0.39, 0.29) is 17.9 Å². The number of carbonyl (C=O) groups is 2. The lowest BCUT2D eigenvalue weighted by atomic mass is 9.94. The predicted octanol–water partition coefficient (Wildman–Crippen LogP) is 3.37. The standard InChI is InChI=1S/C27H35N3O3/c1-33-24-13-7-12-23(20-24)27(32)30-18-16-29(17-19-30)25(22-10-5-6-11-22)26(31)28-15-14-21-8-3-2-4-9-21/h2-4,7-9,12-13,20,22,25H,5-6,10-11,14-19H2,1H3,(H,28,31)/t25-/m1/s1. The van der Waals surface area contributed by atoms with Crippen LogP contribution in [-0.4, -0.2) is 67.5 Å². The smallest absolute Gasteiger partial charge is 0.254 e. The molecule has 2 aliphatic rings. The normalized spacial score (nSPS) is 18.2. The second-order valence-corrected chi connectivity index (χ2v) is 9.08. The molecular formula is C27H35N3O3. The van der Waals surface area contributed by atoms with Crippen LogP contribution >= 0.6 is 0 Å². The lowest BCUT2D eigenvalue weighted by Crippen LogP contribution is -2.58. The van der Waals surface area contributed by atoms with Crippen LogP contribution in [0.15, 0.2) is 54.6 Å². The Labute approximate surface area is 196 Å². The van der Waals surface area contributed by atoms with E-state index in [1.54, 1.807) is 13.2 Å². The summed E-state index contributed by atoms with van der Waals surface area (Å²) in [4.78, 5) is 30.5. The molecule has 1 N–H and O–H groups in total. The number of hydrogen-bond acceptors (Lipinski definition) is 4. The van der Waals surface area contributed by atoms with Crippen molar-refractivity contribution >= 4 is 11.8 Å². The molecule has 2 fully saturated rings. The van der Waals surface area contributed by atoms with Crippen LogP contribution in [0, 0.1) is 5.92 Å². The van der Waals surface area contributed by atoms with Gasteiger partial charge >= 0.3 is 0 Å². The van der Waals surface area contributed by atoms with Gasteiger partial charge in [0.15, 0.2) is 0 Å². The Kier molecular flexibility index (Phi) is 8.00. The number of rotatable bonds is 8. The van der Waals surface area contributed by atoms with Gasteiger partial charge < -0.3 is 15.0 Å². The molecule has 176 valence electrons. The third-order valence-corrected chi connectivity index (χ3v) is 6.98. The van der Waals surface area contributed by atoms with E-state index in [9.17, 15) is 9.59 Å². The molecule has 1 saturated carbocycles. The molecule has 4 rings (SSSR count). The van der Waals surface area contributed by atoms with E-state index in [1.165, 1.54) is 18.4 Å². The molecule has 2 aromatic carbocycles. The highest BCUT2D eigenvalue weighted by atomic mass is 16.5. The summed E-state index contributed by atoms with van der Waals surface area (Å²) in [7, 11) is 1.61. The number of methoxy groups -OCH3 is 1. The summed E-state index contributed by atoms with van der Waals surface area (Å²) < 4.78 is 5.26. The van der Waals surface area contributed by atoms with E-state index >= 15 is 0 Å². The average Bonchev–Trinajstić information content (AvgIpc) is 3.39. The zero-order chi connectivity index (χ0) is 23.0. The zero-order valence-corrected chi connectivity index (χ0v) is 19.5. The molecule has 0 aromatic heterocycles. The molecular weight excluding hydrogens is 414 g/mol. The molecule has 1 saturated heterocycles. The van der Waals surface area contributed by atoms with Gasteiger partial charge in [-0.1, -0.05) is 49.2 Å². The maximum absolute atomic E-state index is 13.3. The Morgan fingerprint density at radius 3 is 2.42 bits per heavy atom. The fourth-order valence-corrected chi connectivity index (χ4v) is 5.17. The van der Waals surface area contributed by atoms with Crippen LogP contribution in [0.1, 0.15) is 41.6 Å². The molecule has 33 heavy (non-hydrogen) atoms. The first kappa shape index (κ1) is 23.3. The summed E-state index contributed by atoms with van der Waals surface area (Å²) >= 11 is 0. The van der Waals surface area contributed by atoms with Gasteiger partial charge in [-0.2, -0.15) is 0 Å². The SMILES string of the molecule is COc1cccc(C(=O)N2CCN([C@@H](C(=O)NCCc3ccccc3)C3CCCC3)CC2)c1. The predicted molar refractivity (Wildman–Crippen MR) is 129 cm³/mol. The van der Waals surface area contributed by atoms with E-state index in [0.717, 1.165) is 32.4 Å². The number of amides is 2. The molecule has 1 heterocycles. The summed E-state index contributed by atoms with van der Waals surface area (Å²) in [6.07, 6.45) is 5.46. The number of ether oxygens (including phenoxy) is 1. The number of nitrogens with one attached hydrogen (secondary N) is 1. The Balaban J connectivity index is 1.35. The number of piperazine rings is 1. The molecule has 0 radical (unpaired) electrons. The van der Waals surface area contributed by atoms with Crippen molar-refractivity contribution < 1.29 is 14.3 Å². The van der Waals surface area contributed by atoms with Crippen LogP contribution in [0.2, 0.25) is 0 Å². The lowest BCUT2D eigenvalue weighted by molar-refractivity contribution is -0.129. The van der Waals surface area contributed by atoms with E-state index in [2.05, 4.69) is 22.3 Å². The van der Waals surface area contributed by atoms with Gasteiger partial charge in [-0.15, -0.1) is 0 Å². The van der Waals surface area contributed by atoms with Crippen molar-refractivity contribution in [3.63, 3.8) is 0 Å². The Morgan fingerprint density at radius 1 is 1.00 bits per heavy atom. The number of carbonyl (C=O) groups excluding carboxylic acids is 2. The highest BCUT2D eigenvalue weighted by Crippen LogP contribution is 2.31. The maximum Gasteiger partial charge on any atom is 0.254 e. The molecule has 0 unspecified atom stereocenters. The van der Waals surface area contributed by atoms with Gasteiger partial charge in [0.2, 0.25) is 5.91 Å². The van der Waals surface area contributed by atoms with Gasteiger partial charge in [-0.05, 0) is 48.9 Å². The largest absolute Gasteiger partial charge is 0.497 e. The maximum atomic E-state index is 13.3. The molecule has 2 aromatic rings. The highest BCUT2D eigenvalue weighted by Gasteiger charge is 2.37. The van der Waals surface area contributed by atoms with Crippen LogP contribution in [0.3, 0.4) is 0 Å². The third-order valence-electron chi connectivity index (χ3n) is 6.98. The van der Waals surface area contributed by atoms with Crippen molar-refractivity contribution in [2.75, 3.05) is 39.8 Å². The second kappa shape index (κ2) is 11.3. The molecule has 1 atom stereocenters. The minimum atomic E-state index is -0.0997. The molecule has 1 aliphatic heterocycles. The van der Waals surface area contributed by atoms with Gasteiger partial charge in [-0.25, -0.2) is 0 Å². The molecule has 0 bridgehead atoms. The second-order valence-electron chi connectivity index (χ2n) is 9.08. The van der Waals surface area contributed by atoms with Crippen LogP contribution in [0.4, 0.5) is 0 Å².